The molecule has 0 fully saturated rings. The Hall–Kier alpha value is -2.42. The van der Waals surface area contributed by atoms with Gasteiger partial charge in [-0.2, -0.15) is 18.3 Å². The van der Waals surface area contributed by atoms with Gasteiger partial charge >= 0.3 is 6.18 Å². The molecule has 0 saturated heterocycles. The van der Waals surface area contributed by atoms with Gasteiger partial charge in [0.1, 0.15) is 0 Å². The molecular formula is C19H21F3N4O2. The number of nitrogens with zero attached hydrogens (tertiary/aromatic N) is 4. The second kappa shape index (κ2) is 6.30. The molecule has 2 heterocycles. The van der Waals surface area contributed by atoms with Crippen LogP contribution < -0.4 is 0 Å². The molecular weight excluding hydrogens is 373 g/mol. The largest absolute Gasteiger partial charge is 0.415 e. The minimum atomic E-state index is -4.62. The molecule has 1 N–H and O–H groups in total. The van der Waals surface area contributed by atoms with Crippen molar-refractivity contribution in [2.75, 3.05) is 0 Å². The van der Waals surface area contributed by atoms with Gasteiger partial charge in [0, 0.05) is 23.9 Å². The van der Waals surface area contributed by atoms with Gasteiger partial charge in [-0.3, -0.25) is 4.68 Å². The van der Waals surface area contributed by atoms with E-state index in [0.29, 0.717) is 5.69 Å². The number of aryl methyl sites for hydroxylation is 1. The lowest BCUT2D eigenvalue weighted by Crippen LogP contribution is -2.25. The smallest absolute Gasteiger partial charge is 0.415 e. The molecule has 0 saturated carbocycles. The summed E-state index contributed by atoms with van der Waals surface area (Å²) < 4.78 is 46.7. The first-order chi connectivity index (χ1) is 13.0. The van der Waals surface area contributed by atoms with Crippen molar-refractivity contribution in [3.8, 4) is 11.6 Å². The van der Waals surface area contributed by atoms with Gasteiger partial charge in [0.05, 0.1) is 11.7 Å². The molecule has 28 heavy (non-hydrogen) atoms. The van der Waals surface area contributed by atoms with Gasteiger partial charge in [0.25, 0.3) is 5.89 Å². The van der Waals surface area contributed by atoms with E-state index < -0.39 is 17.9 Å². The quantitative estimate of drug-likeness (QED) is 0.842. The highest BCUT2D eigenvalue weighted by molar-refractivity contribution is 5.72. The van der Waals surface area contributed by atoms with E-state index in [1.165, 1.54) is 6.08 Å². The number of hydrogen-bond acceptors (Lipinski definition) is 5. The highest BCUT2D eigenvalue weighted by Crippen LogP contribution is 2.39. The predicted molar refractivity (Wildman–Crippen MR) is 95.0 cm³/mol. The van der Waals surface area contributed by atoms with E-state index in [1.807, 2.05) is 11.7 Å². The first-order valence-corrected chi connectivity index (χ1v) is 9.11. The van der Waals surface area contributed by atoms with Crippen LogP contribution in [0.3, 0.4) is 0 Å². The Bertz CT molecular complexity index is 982. The summed E-state index contributed by atoms with van der Waals surface area (Å²) in [5.41, 5.74) is 2.08. The normalized spacial score (nSPS) is 21.9. The summed E-state index contributed by atoms with van der Waals surface area (Å²) in [5.74, 6) is 0.180. The van der Waals surface area contributed by atoms with Gasteiger partial charge in [-0.25, -0.2) is 0 Å². The Labute approximate surface area is 159 Å². The summed E-state index contributed by atoms with van der Waals surface area (Å²) in [6, 6.07) is 0. The van der Waals surface area contributed by atoms with E-state index in [-0.39, 0.29) is 29.2 Å². The summed E-state index contributed by atoms with van der Waals surface area (Å²) in [5, 5.41) is 22.1. The number of halogens is 3. The van der Waals surface area contributed by atoms with Crippen molar-refractivity contribution in [2.24, 2.45) is 12.5 Å². The first kappa shape index (κ1) is 18.9. The Morgan fingerprint density at radius 2 is 1.96 bits per heavy atom. The molecule has 0 aliphatic heterocycles. The molecule has 1 atom stereocenters. The van der Waals surface area contributed by atoms with Gasteiger partial charge in [0.2, 0.25) is 5.89 Å². The van der Waals surface area contributed by atoms with Gasteiger partial charge in [-0.05, 0) is 37.2 Å². The van der Waals surface area contributed by atoms with Crippen molar-refractivity contribution in [1.29, 1.82) is 0 Å². The molecule has 2 aromatic heterocycles. The Balaban J connectivity index is 1.68. The summed E-state index contributed by atoms with van der Waals surface area (Å²) in [6.45, 7) is 4.42. The Morgan fingerprint density at radius 3 is 2.68 bits per heavy atom. The second-order valence-corrected chi connectivity index (χ2v) is 8.16. The maximum Gasteiger partial charge on any atom is 0.415 e. The fraction of sp³-hybridized carbons (Fsp3) is 0.526. The highest BCUT2D eigenvalue weighted by Gasteiger charge is 2.40. The van der Waals surface area contributed by atoms with Crippen LogP contribution in [0.25, 0.3) is 17.2 Å². The number of rotatable bonds is 2. The minimum absolute atomic E-state index is 0.0146. The lowest BCUT2D eigenvalue weighted by Gasteiger charge is -2.29. The van der Waals surface area contributed by atoms with Crippen molar-refractivity contribution in [3.05, 3.63) is 34.9 Å². The fourth-order valence-electron chi connectivity index (χ4n) is 3.81. The average Bonchev–Trinajstić information content (AvgIpc) is 3.19. The van der Waals surface area contributed by atoms with E-state index in [0.717, 1.165) is 36.6 Å². The Morgan fingerprint density at radius 1 is 1.25 bits per heavy atom. The third-order valence-electron chi connectivity index (χ3n) is 5.41. The van der Waals surface area contributed by atoms with Crippen LogP contribution in [0, 0.1) is 5.41 Å². The predicted octanol–water partition coefficient (Wildman–Crippen LogP) is 3.62. The van der Waals surface area contributed by atoms with E-state index in [1.54, 1.807) is 0 Å². The van der Waals surface area contributed by atoms with E-state index in [2.05, 4.69) is 29.1 Å². The molecule has 0 aromatic carbocycles. The summed E-state index contributed by atoms with van der Waals surface area (Å²) in [4.78, 5) is 0. The van der Waals surface area contributed by atoms with Crippen LogP contribution in [0.5, 0.6) is 0 Å². The van der Waals surface area contributed by atoms with Crippen LogP contribution >= 0.6 is 0 Å². The number of alkyl halides is 3. The molecule has 0 spiro atoms. The third-order valence-corrected chi connectivity index (χ3v) is 5.41. The van der Waals surface area contributed by atoms with Gasteiger partial charge in [-0.1, -0.05) is 19.9 Å². The van der Waals surface area contributed by atoms with Crippen LogP contribution in [-0.4, -0.2) is 37.4 Å². The van der Waals surface area contributed by atoms with Crippen LogP contribution in [-0.2, 0) is 19.9 Å². The SMILES string of the molecule is Cn1nc(-c2nnc(C3=CCC(O)C(C(F)(F)F)=C3)o2)c2c1CC(C)(C)CC2. The molecule has 4 rings (SSSR count). The maximum atomic E-state index is 13.1. The lowest BCUT2D eigenvalue weighted by molar-refractivity contribution is -0.105. The highest BCUT2D eigenvalue weighted by atomic mass is 19.4. The zero-order valence-corrected chi connectivity index (χ0v) is 15.8. The monoisotopic (exact) mass is 394 g/mol. The minimum Gasteiger partial charge on any atom is -0.415 e. The molecule has 1 unspecified atom stereocenters. The van der Waals surface area contributed by atoms with Crippen LogP contribution in [0.4, 0.5) is 13.2 Å². The molecule has 2 aliphatic carbocycles. The van der Waals surface area contributed by atoms with Crippen molar-refractivity contribution in [2.45, 2.75) is 51.8 Å². The van der Waals surface area contributed by atoms with Crippen molar-refractivity contribution < 1.29 is 22.7 Å². The van der Waals surface area contributed by atoms with Crippen LogP contribution in [0.1, 0.15) is 43.8 Å². The Kier molecular flexibility index (Phi) is 4.26. The lowest BCUT2D eigenvalue weighted by atomic mass is 9.76. The summed E-state index contributed by atoms with van der Waals surface area (Å²) in [6.07, 6.45) is -1.32. The molecule has 0 radical (unpaired) electrons. The summed E-state index contributed by atoms with van der Waals surface area (Å²) in [7, 11) is 1.87. The molecule has 9 heteroatoms. The van der Waals surface area contributed by atoms with Crippen molar-refractivity contribution >= 4 is 5.57 Å². The van der Waals surface area contributed by atoms with Crippen LogP contribution in [0.15, 0.2) is 22.1 Å². The number of aromatic nitrogens is 4. The second-order valence-electron chi connectivity index (χ2n) is 8.16. The van der Waals surface area contributed by atoms with E-state index in [4.69, 9.17) is 4.42 Å². The van der Waals surface area contributed by atoms with Crippen molar-refractivity contribution in [1.82, 2.24) is 20.0 Å². The number of allylic oxidation sites excluding steroid dienone is 2. The van der Waals surface area contributed by atoms with Crippen LogP contribution in [0.2, 0.25) is 0 Å². The standard InChI is InChI=1S/C19H21F3N4O2/c1-18(2)7-6-11-13(9-18)26(3)25-15(11)17-24-23-16(28-17)10-4-5-14(27)12(8-10)19(20,21)22/h4,8,14,27H,5-7,9H2,1-3H3. The zero-order chi connectivity index (χ0) is 20.3. The van der Waals surface area contributed by atoms with Gasteiger partial charge in [-0.15, -0.1) is 10.2 Å². The molecule has 6 nitrogen and oxygen atoms in total. The molecule has 150 valence electrons. The number of aliphatic hydroxyl groups is 1. The number of fused-ring (bicyclic) bond motifs is 1. The molecule has 2 aromatic rings. The average molecular weight is 394 g/mol. The summed E-state index contributed by atoms with van der Waals surface area (Å²) >= 11 is 0. The zero-order valence-electron chi connectivity index (χ0n) is 15.8. The van der Waals surface area contributed by atoms with E-state index in [9.17, 15) is 18.3 Å². The molecule has 2 aliphatic rings. The van der Waals surface area contributed by atoms with Gasteiger partial charge in [0.15, 0.2) is 5.69 Å². The maximum absolute atomic E-state index is 13.1. The molecule has 0 bridgehead atoms. The fourth-order valence-corrected chi connectivity index (χ4v) is 3.81. The van der Waals surface area contributed by atoms with E-state index >= 15 is 0 Å². The number of hydrogen-bond donors (Lipinski definition) is 1. The third kappa shape index (κ3) is 3.28. The molecule has 0 amide bonds. The van der Waals surface area contributed by atoms with Crippen molar-refractivity contribution in [3.63, 3.8) is 0 Å². The van der Waals surface area contributed by atoms with Gasteiger partial charge < -0.3 is 9.52 Å². The topological polar surface area (TPSA) is 77.0 Å². The number of aliphatic hydroxyl groups excluding tert-OH is 1. The first-order valence-electron chi connectivity index (χ1n) is 9.11.